The first-order valence-electron chi connectivity index (χ1n) is 7.30. The summed E-state index contributed by atoms with van der Waals surface area (Å²) < 4.78 is 0. The largest absolute Gasteiger partial charge is 0.326 e. The number of benzene rings is 1. The molecule has 1 aromatic rings. The number of likely N-dealkylation sites (N-methyl/N-ethyl adjacent to an activating group) is 1. The molecule has 0 aromatic heterocycles. The second-order valence-electron chi connectivity index (χ2n) is 5.97. The van der Waals surface area contributed by atoms with Gasteiger partial charge in [-0.3, -0.25) is 4.90 Å². The highest BCUT2D eigenvalue weighted by Crippen LogP contribution is 2.27. The molecule has 1 heterocycles. The maximum absolute atomic E-state index is 6.27. The second kappa shape index (κ2) is 6.51. The topological polar surface area (TPSA) is 32.5 Å². The Kier molecular flexibility index (Phi) is 4.97. The summed E-state index contributed by atoms with van der Waals surface area (Å²) in [4.78, 5) is 4.91. The fourth-order valence-corrected chi connectivity index (χ4v) is 3.15. The molecular formula is C16H27N3. The summed E-state index contributed by atoms with van der Waals surface area (Å²) in [6.07, 6.45) is 2.56. The van der Waals surface area contributed by atoms with E-state index in [1.54, 1.807) is 0 Å². The Morgan fingerprint density at radius 1 is 1.26 bits per heavy atom. The number of nitrogens with two attached hydrogens (primary N) is 1. The smallest absolute Gasteiger partial charge is 0.0497 e. The molecule has 1 aliphatic heterocycles. The third-order valence-corrected chi connectivity index (χ3v) is 4.19. The van der Waals surface area contributed by atoms with E-state index in [1.807, 2.05) is 0 Å². The predicted octanol–water partition coefficient (Wildman–Crippen LogP) is 2.10. The molecule has 2 rings (SSSR count). The molecule has 1 aliphatic rings. The van der Waals surface area contributed by atoms with E-state index in [2.05, 4.69) is 61.2 Å². The van der Waals surface area contributed by atoms with E-state index >= 15 is 0 Å². The molecule has 0 saturated carbocycles. The average molecular weight is 261 g/mol. The zero-order chi connectivity index (χ0) is 13.8. The molecule has 2 N–H and O–H groups in total. The first-order chi connectivity index (χ1) is 9.09. The van der Waals surface area contributed by atoms with Gasteiger partial charge in [-0.15, -0.1) is 0 Å². The molecule has 3 heteroatoms. The number of piperidine rings is 1. The van der Waals surface area contributed by atoms with E-state index < -0.39 is 0 Å². The van der Waals surface area contributed by atoms with Crippen LogP contribution in [0.5, 0.6) is 0 Å². The van der Waals surface area contributed by atoms with Gasteiger partial charge in [-0.2, -0.15) is 0 Å². The van der Waals surface area contributed by atoms with E-state index in [0.717, 1.165) is 13.1 Å². The van der Waals surface area contributed by atoms with Crippen LogP contribution in [-0.2, 0) is 0 Å². The summed E-state index contributed by atoms with van der Waals surface area (Å²) in [7, 11) is 4.36. The quantitative estimate of drug-likeness (QED) is 0.901. The van der Waals surface area contributed by atoms with E-state index in [1.165, 1.54) is 18.4 Å². The van der Waals surface area contributed by atoms with Crippen molar-refractivity contribution < 1.29 is 0 Å². The Balaban J connectivity index is 2.15. The molecule has 19 heavy (non-hydrogen) atoms. The van der Waals surface area contributed by atoms with Crippen molar-refractivity contribution >= 4 is 0 Å². The summed E-state index contributed by atoms with van der Waals surface area (Å²) in [5, 5.41) is 0. The van der Waals surface area contributed by atoms with Crippen LogP contribution < -0.4 is 5.73 Å². The third-order valence-electron chi connectivity index (χ3n) is 4.19. The summed E-state index contributed by atoms with van der Waals surface area (Å²) in [6.45, 7) is 4.40. The maximum atomic E-state index is 6.27. The molecular weight excluding hydrogens is 234 g/mol. The molecule has 0 amide bonds. The van der Waals surface area contributed by atoms with Crippen LogP contribution in [0.15, 0.2) is 30.3 Å². The van der Waals surface area contributed by atoms with Crippen molar-refractivity contribution in [1.29, 1.82) is 0 Å². The van der Waals surface area contributed by atoms with Crippen LogP contribution in [-0.4, -0.2) is 49.1 Å². The zero-order valence-electron chi connectivity index (χ0n) is 12.4. The SMILES string of the molecule is CC(N)C(c1ccccc1)N1CCCC(N(C)C)C1. The first-order valence-corrected chi connectivity index (χ1v) is 7.30. The van der Waals surface area contributed by atoms with Crippen molar-refractivity contribution in [1.82, 2.24) is 9.80 Å². The monoisotopic (exact) mass is 261 g/mol. The van der Waals surface area contributed by atoms with Crippen LogP contribution in [0, 0.1) is 0 Å². The second-order valence-corrected chi connectivity index (χ2v) is 5.97. The molecule has 3 nitrogen and oxygen atoms in total. The maximum Gasteiger partial charge on any atom is 0.0497 e. The van der Waals surface area contributed by atoms with E-state index in [0.29, 0.717) is 12.1 Å². The minimum atomic E-state index is 0.156. The Hall–Kier alpha value is -0.900. The highest BCUT2D eigenvalue weighted by Gasteiger charge is 2.29. The zero-order valence-corrected chi connectivity index (χ0v) is 12.4. The molecule has 0 aliphatic carbocycles. The lowest BCUT2D eigenvalue weighted by molar-refractivity contribution is 0.0865. The first kappa shape index (κ1) is 14.5. The molecule has 0 radical (unpaired) electrons. The average Bonchev–Trinajstić information content (AvgIpc) is 2.40. The predicted molar refractivity (Wildman–Crippen MR) is 81.1 cm³/mol. The number of rotatable bonds is 4. The van der Waals surface area contributed by atoms with E-state index in [-0.39, 0.29) is 6.04 Å². The number of likely N-dealkylation sites (tertiary alicyclic amines) is 1. The molecule has 1 saturated heterocycles. The number of hydrogen-bond donors (Lipinski definition) is 1. The van der Waals surface area contributed by atoms with Gasteiger partial charge in [-0.1, -0.05) is 30.3 Å². The molecule has 0 bridgehead atoms. The van der Waals surface area contributed by atoms with Gasteiger partial charge in [0.25, 0.3) is 0 Å². The molecule has 1 fully saturated rings. The van der Waals surface area contributed by atoms with E-state index in [9.17, 15) is 0 Å². The molecule has 3 atom stereocenters. The van der Waals surface area contributed by atoms with Gasteiger partial charge in [0.05, 0.1) is 0 Å². The lowest BCUT2D eigenvalue weighted by Crippen LogP contribution is -2.49. The Labute approximate surface area is 117 Å². The Morgan fingerprint density at radius 2 is 1.95 bits per heavy atom. The highest BCUT2D eigenvalue weighted by molar-refractivity contribution is 5.20. The van der Waals surface area contributed by atoms with Gasteiger partial charge >= 0.3 is 0 Å². The van der Waals surface area contributed by atoms with Crippen LogP contribution in [0.2, 0.25) is 0 Å². The summed E-state index contributed by atoms with van der Waals surface area (Å²) in [5.74, 6) is 0. The normalized spacial score (nSPS) is 24.4. The lowest BCUT2D eigenvalue weighted by Gasteiger charge is -2.42. The number of hydrogen-bond acceptors (Lipinski definition) is 3. The van der Waals surface area contributed by atoms with Crippen molar-refractivity contribution in [3.63, 3.8) is 0 Å². The van der Waals surface area contributed by atoms with Gasteiger partial charge in [-0.05, 0) is 46.0 Å². The fraction of sp³-hybridized carbons (Fsp3) is 0.625. The molecule has 1 aromatic carbocycles. The van der Waals surface area contributed by atoms with Gasteiger partial charge in [0.2, 0.25) is 0 Å². The van der Waals surface area contributed by atoms with Crippen LogP contribution in [0.1, 0.15) is 31.4 Å². The van der Waals surface area contributed by atoms with Crippen LogP contribution in [0.4, 0.5) is 0 Å². The highest BCUT2D eigenvalue weighted by atomic mass is 15.2. The summed E-state index contributed by atoms with van der Waals surface area (Å²) >= 11 is 0. The van der Waals surface area contributed by atoms with Crippen molar-refractivity contribution in [3.05, 3.63) is 35.9 Å². The van der Waals surface area contributed by atoms with Crippen molar-refractivity contribution in [3.8, 4) is 0 Å². The lowest BCUT2D eigenvalue weighted by atomic mass is 9.95. The Morgan fingerprint density at radius 3 is 2.53 bits per heavy atom. The van der Waals surface area contributed by atoms with E-state index in [4.69, 9.17) is 5.73 Å². The standard InChI is InChI=1S/C16H27N3/c1-13(17)16(14-8-5-4-6-9-14)19-11-7-10-15(12-19)18(2)3/h4-6,8-9,13,15-16H,7,10-12,17H2,1-3H3. The van der Waals surface area contributed by atoms with Crippen molar-refractivity contribution in [2.45, 2.75) is 37.9 Å². The Bertz CT molecular complexity index is 375. The fourth-order valence-electron chi connectivity index (χ4n) is 3.15. The van der Waals surface area contributed by atoms with Crippen LogP contribution in [0.3, 0.4) is 0 Å². The minimum Gasteiger partial charge on any atom is -0.326 e. The van der Waals surface area contributed by atoms with Gasteiger partial charge in [0.1, 0.15) is 0 Å². The van der Waals surface area contributed by atoms with Gasteiger partial charge < -0.3 is 10.6 Å². The molecule has 3 unspecified atom stereocenters. The molecule has 0 spiro atoms. The van der Waals surface area contributed by atoms with Crippen molar-refractivity contribution in [2.24, 2.45) is 5.73 Å². The van der Waals surface area contributed by atoms with Gasteiger partial charge in [0, 0.05) is 24.7 Å². The molecule has 106 valence electrons. The number of nitrogens with zero attached hydrogens (tertiary/aromatic N) is 2. The van der Waals surface area contributed by atoms with Crippen LogP contribution in [0.25, 0.3) is 0 Å². The van der Waals surface area contributed by atoms with Gasteiger partial charge in [-0.25, -0.2) is 0 Å². The summed E-state index contributed by atoms with van der Waals surface area (Å²) in [5.41, 5.74) is 7.61. The van der Waals surface area contributed by atoms with Gasteiger partial charge in [0.15, 0.2) is 0 Å². The summed E-state index contributed by atoms with van der Waals surface area (Å²) in [6, 6.07) is 11.8. The van der Waals surface area contributed by atoms with Crippen LogP contribution >= 0.6 is 0 Å². The third kappa shape index (κ3) is 3.56. The minimum absolute atomic E-state index is 0.156. The van der Waals surface area contributed by atoms with Crippen molar-refractivity contribution in [2.75, 3.05) is 27.2 Å².